The van der Waals surface area contributed by atoms with Crippen LogP contribution in [0.4, 0.5) is 0 Å². The fraction of sp³-hybridized carbons (Fsp3) is 0.929. The van der Waals surface area contributed by atoms with E-state index in [1.807, 2.05) is 0 Å². The third-order valence-electron chi connectivity index (χ3n) is 11.5. The summed E-state index contributed by atoms with van der Waals surface area (Å²) in [6, 6.07) is -0.720. The number of aliphatic hydroxyl groups excluding tert-OH is 3. The van der Waals surface area contributed by atoms with E-state index in [-0.39, 0.29) is 71.0 Å². The molecule has 36 heavy (non-hydrogen) atoms. The molecular weight excluding hydrogens is 458 g/mol. The van der Waals surface area contributed by atoms with Crippen molar-refractivity contribution in [3.05, 3.63) is 0 Å². The van der Waals surface area contributed by atoms with Gasteiger partial charge in [-0.1, -0.05) is 20.8 Å². The first-order valence-corrected chi connectivity index (χ1v) is 14.2. The molecule has 4 rings (SSSR count). The molecule has 2 amide bonds. The Morgan fingerprint density at radius 1 is 1.06 bits per heavy atom. The highest BCUT2D eigenvalue weighted by Gasteiger charge is 2.65. The molecule has 206 valence electrons. The van der Waals surface area contributed by atoms with Crippen LogP contribution >= 0.6 is 0 Å². The number of fused-ring (bicyclic) bond motifs is 5. The molecule has 4 aliphatic carbocycles. The molecule has 4 fully saturated rings. The number of likely N-dealkylation sites (N-methyl/N-ethyl adjacent to an activating group) is 1. The topological polar surface area (TPSA) is 145 Å². The summed E-state index contributed by atoms with van der Waals surface area (Å²) in [5, 5.41) is 38.6. The summed E-state index contributed by atoms with van der Waals surface area (Å²) in [7, 11) is 1.53. The highest BCUT2D eigenvalue weighted by molar-refractivity contribution is 5.87. The van der Waals surface area contributed by atoms with Crippen molar-refractivity contribution in [2.75, 3.05) is 13.6 Å². The van der Waals surface area contributed by atoms with E-state index in [4.69, 9.17) is 5.73 Å². The molecule has 4 aliphatic rings. The molecule has 0 aromatic heterocycles. The van der Waals surface area contributed by atoms with Crippen molar-refractivity contribution in [1.29, 1.82) is 0 Å². The van der Waals surface area contributed by atoms with E-state index in [0.29, 0.717) is 25.2 Å². The lowest BCUT2D eigenvalue weighted by molar-refractivity contribution is -0.207. The van der Waals surface area contributed by atoms with E-state index in [9.17, 15) is 24.9 Å². The molecule has 8 nitrogen and oxygen atoms in total. The Balaban J connectivity index is 1.45. The average molecular weight is 508 g/mol. The van der Waals surface area contributed by atoms with Gasteiger partial charge in [-0.25, -0.2) is 0 Å². The molecule has 0 aliphatic heterocycles. The summed E-state index contributed by atoms with van der Waals surface area (Å²) in [6.07, 6.45) is 5.94. The Labute approximate surface area is 216 Å². The van der Waals surface area contributed by atoms with Crippen LogP contribution in [0.25, 0.3) is 0 Å². The number of aliphatic hydroxyl groups is 3. The lowest BCUT2D eigenvalue weighted by atomic mass is 9.43. The van der Waals surface area contributed by atoms with Crippen LogP contribution in [0.3, 0.4) is 0 Å². The molecule has 7 N–H and O–H groups in total. The Hall–Kier alpha value is -1.22. The van der Waals surface area contributed by atoms with Gasteiger partial charge in [-0.05, 0) is 97.7 Å². The van der Waals surface area contributed by atoms with Crippen LogP contribution in [0, 0.1) is 46.3 Å². The van der Waals surface area contributed by atoms with Crippen LogP contribution in [0.1, 0.15) is 78.6 Å². The Kier molecular flexibility index (Phi) is 8.11. The Morgan fingerprint density at radius 3 is 2.44 bits per heavy atom. The minimum atomic E-state index is -0.720. The molecule has 4 saturated carbocycles. The van der Waals surface area contributed by atoms with Gasteiger partial charge < -0.3 is 31.7 Å². The Bertz CT molecular complexity index is 825. The molecule has 0 aromatic carbocycles. The summed E-state index contributed by atoms with van der Waals surface area (Å²) >= 11 is 0. The van der Waals surface area contributed by atoms with E-state index >= 15 is 0 Å². The number of hydrogen-bond donors (Lipinski definition) is 6. The van der Waals surface area contributed by atoms with E-state index in [1.165, 1.54) is 7.05 Å². The molecule has 0 aromatic rings. The predicted octanol–water partition coefficient (Wildman–Crippen LogP) is 1.55. The van der Waals surface area contributed by atoms with Crippen LogP contribution in [0.2, 0.25) is 0 Å². The predicted molar refractivity (Wildman–Crippen MR) is 137 cm³/mol. The van der Waals surface area contributed by atoms with Gasteiger partial charge in [0, 0.05) is 20.0 Å². The maximum absolute atomic E-state index is 12.6. The number of carbonyl (C=O) groups is 2. The van der Waals surface area contributed by atoms with E-state index < -0.39 is 12.1 Å². The third kappa shape index (κ3) is 4.61. The maximum Gasteiger partial charge on any atom is 0.243 e. The van der Waals surface area contributed by atoms with Gasteiger partial charge in [-0.3, -0.25) is 9.59 Å². The number of hydrogen-bond acceptors (Lipinski definition) is 6. The zero-order chi connectivity index (χ0) is 26.4. The highest BCUT2D eigenvalue weighted by Crippen LogP contribution is 2.68. The van der Waals surface area contributed by atoms with Crippen molar-refractivity contribution in [3.8, 4) is 0 Å². The van der Waals surface area contributed by atoms with Crippen molar-refractivity contribution in [2.45, 2.75) is 103 Å². The van der Waals surface area contributed by atoms with Crippen molar-refractivity contribution >= 4 is 11.8 Å². The lowest BCUT2D eigenvalue weighted by Crippen LogP contribution is -2.62. The second-order valence-electron chi connectivity index (χ2n) is 13.0. The van der Waals surface area contributed by atoms with Gasteiger partial charge in [0.15, 0.2) is 0 Å². The Morgan fingerprint density at radius 2 is 1.78 bits per heavy atom. The quantitative estimate of drug-likeness (QED) is 0.308. The molecule has 0 spiro atoms. The fourth-order valence-corrected chi connectivity index (χ4v) is 9.36. The van der Waals surface area contributed by atoms with Crippen molar-refractivity contribution in [3.63, 3.8) is 0 Å². The van der Waals surface area contributed by atoms with Gasteiger partial charge in [0.1, 0.15) is 6.04 Å². The molecule has 0 heterocycles. The van der Waals surface area contributed by atoms with Crippen molar-refractivity contribution < 1.29 is 24.9 Å². The van der Waals surface area contributed by atoms with Crippen LogP contribution in [-0.4, -0.2) is 65.1 Å². The largest absolute Gasteiger partial charge is 0.393 e. The first kappa shape index (κ1) is 27.8. The van der Waals surface area contributed by atoms with E-state index in [1.54, 1.807) is 0 Å². The first-order chi connectivity index (χ1) is 17.0. The van der Waals surface area contributed by atoms with Gasteiger partial charge >= 0.3 is 0 Å². The van der Waals surface area contributed by atoms with E-state index in [0.717, 1.165) is 38.5 Å². The molecule has 0 saturated heterocycles. The minimum absolute atomic E-state index is 0.0547. The molecule has 0 bridgehead atoms. The van der Waals surface area contributed by atoms with Crippen molar-refractivity contribution in [2.24, 2.45) is 52.1 Å². The molecule has 2 unspecified atom stereocenters. The highest BCUT2D eigenvalue weighted by atomic mass is 16.3. The minimum Gasteiger partial charge on any atom is -0.393 e. The lowest BCUT2D eigenvalue weighted by Gasteiger charge is -2.63. The third-order valence-corrected chi connectivity index (χ3v) is 11.5. The summed E-state index contributed by atoms with van der Waals surface area (Å²) in [5.74, 6) is 1.10. The number of nitrogens with two attached hydrogens (primary N) is 1. The van der Waals surface area contributed by atoms with Gasteiger partial charge in [0.05, 0.1) is 18.3 Å². The van der Waals surface area contributed by atoms with Crippen molar-refractivity contribution in [1.82, 2.24) is 10.6 Å². The smallest absolute Gasteiger partial charge is 0.243 e. The van der Waals surface area contributed by atoms with Crippen LogP contribution in [-0.2, 0) is 9.59 Å². The summed E-state index contributed by atoms with van der Waals surface area (Å²) in [4.78, 5) is 24.4. The van der Waals surface area contributed by atoms with Gasteiger partial charge in [0.25, 0.3) is 0 Å². The maximum atomic E-state index is 12.6. The fourth-order valence-electron chi connectivity index (χ4n) is 9.36. The standard InChI is InChI=1S/C28H49N3O5/c1-15(5-8-24(35)31-21(14-29)26(36)30-4)18-6-7-19-25-20(13-23(34)28(18,19)3)27(2)10-9-17(32)11-16(27)12-22(25)33/h15-23,25,32-34H,5-14,29H2,1-4H3,(H,30,36)(H,31,35)/t15-,16+,17-,18-,19?,20+,21?,22-,23+,25+,27+,28-/m1/s1. The van der Waals surface area contributed by atoms with Gasteiger partial charge in [-0.2, -0.15) is 0 Å². The first-order valence-electron chi connectivity index (χ1n) is 14.2. The second-order valence-corrected chi connectivity index (χ2v) is 13.0. The number of amides is 2. The molecular formula is C28H49N3O5. The van der Waals surface area contributed by atoms with E-state index in [2.05, 4.69) is 31.4 Å². The zero-order valence-corrected chi connectivity index (χ0v) is 22.6. The molecule has 0 radical (unpaired) electrons. The second kappa shape index (κ2) is 10.5. The van der Waals surface area contributed by atoms with Gasteiger partial charge in [0.2, 0.25) is 11.8 Å². The zero-order valence-electron chi connectivity index (χ0n) is 22.6. The molecule has 12 atom stereocenters. The molecule has 8 heteroatoms. The normalized spacial score (nSPS) is 45.6. The van der Waals surface area contributed by atoms with Gasteiger partial charge in [-0.15, -0.1) is 0 Å². The number of nitrogens with one attached hydrogen (secondary N) is 2. The monoisotopic (exact) mass is 507 g/mol. The average Bonchev–Trinajstić information content (AvgIpc) is 3.20. The summed E-state index contributed by atoms with van der Waals surface area (Å²) < 4.78 is 0. The van der Waals surface area contributed by atoms with Crippen LogP contribution in [0.5, 0.6) is 0 Å². The van der Waals surface area contributed by atoms with Crippen LogP contribution in [0.15, 0.2) is 0 Å². The summed E-state index contributed by atoms with van der Waals surface area (Å²) in [6.45, 7) is 6.82. The van der Waals surface area contributed by atoms with Crippen LogP contribution < -0.4 is 16.4 Å². The number of carbonyl (C=O) groups excluding carboxylic acids is 2. The SMILES string of the molecule is CNC(=O)C(CN)NC(=O)CC[C@@H](C)[C@H]1CCC2[C@@H]3[C@H](O)C[C@@H]4C[C@H](O)CC[C@]4(C)[C@H]3C[C@H](O)[C@@]21C. The number of rotatable bonds is 7. The summed E-state index contributed by atoms with van der Waals surface area (Å²) in [5.41, 5.74) is 5.43.